The molecule has 2 unspecified atom stereocenters. The Morgan fingerprint density at radius 1 is 1.06 bits per heavy atom. The third kappa shape index (κ3) is 3.96. The smallest absolute Gasteiger partial charge is 0.0809 e. The Hall–Kier alpha value is -0.0800. The third-order valence-electron chi connectivity index (χ3n) is 4.82. The predicted octanol–water partition coefficient (Wildman–Crippen LogP) is 3.89. The van der Waals surface area contributed by atoms with Crippen molar-refractivity contribution < 1.29 is 4.74 Å². The Kier molecular flexibility index (Phi) is 5.50. The van der Waals surface area contributed by atoms with Crippen LogP contribution in [0.5, 0.6) is 0 Å². The Balaban J connectivity index is 1.95. The van der Waals surface area contributed by atoms with E-state index < -0.39 is 0 Å². The molecule has 0 aromatic carbocycles. The number of nitrogens with one attached hydrogen (secondary N) is 1. The van der Waals surface area contributed by atoms with Gasteiger partial charge in [0.15, 0.2) is 0 Å². The second-order valence-corrected chi connectivity index (χ2v) is 6.64. The average Bonchev–Trinajstić information content (AvgIpc) is 2.55. The average molecular weight is 253 g/mol. The number of hydrogen-bond acceptors (Lipinski definition) is 2. The van der Waals surface area contributed by atoms with E-state index in [1.54, 1.807) is 0 Å². The van der Waals surface area contributed by atoms with Gasteiger partial charge >= 0.3 is 0 Å². The summed E-state index contributed by atoms with van der Waals surface area (Å²) in [7, 11) is 2.07. The van der Waals surface area contributed by atoms with Crippen LogP contribution in [0.3, 0.4) is 0 Å². The molecule has 2 rings (SSSR count). The van der Waals surface area contributed by atoms with Gasteiger partial charge in [0.2, 0.25) is 0 Å². The number of hydrogen-bond donors (Lipinski definition) is 1. The quantitative estimate of drug-likeness (QED) is 0.767. The molecule has 0 bridgehead atoms. The maximum atomic E-state index is 6.65. The van der Waals surface area contributed by atoms with Crippen LogP contribution in [0.25, 0.3) is 0 Å². The van der Waals surface area contributed by atoms with E-state index in [0.717, 1.165) is 12.5 Å². The lowest BCUT2D eigenvalue weighted by atomic mass is 9.87. The van der Waals surface area contributed by atoms with Gasteiger partial charge in [-0.15, -0.1) is 0 Å². The van der Waals surface area contributed by atoms with E-state index in [1.165, 1.54) is 64.2 Å². The summed E-state index contributed by atoms with van der Waals surface area (Å²) >= 11 is 0. The Bertz CT molecular complexity index is 233. The molecule has 2 nitrogen and oxygen atoms in total. The number of likely N-dealkylation sites (N-methyl/N-ethyl adjacent to an activating group) is 1. The second kappa shape index (κ2) is 6.91. The van der Waals surface area contributed by atoms with E-state index in [1.807, 2.05) is 0 Å². The minimum Gasteiger partial charge on any atom is -0.370 e. The van der Waals surface area contributed by atoms with Crippen LogP contribution in [-0.4, -0.2) is 25.3 Å². The SMILES string of the molecule is CNCC1(OC2CCCC(C)C2)CCCCCC1. The van der Waals surface area contributed by atoms with Gasteiger partial charge in [-0.05, 0) is 38.6 Å². The maximum absolute atomic E-state index is 6.65. The summed E-state index contributed by atoms with van der Waals surface area (Å²) in [4.78, 5) is 0. The molecule has 0 aromatic heterocycles. The van der Waals surface area contributed by atoms with E-state index in [0.29, 0.717) is 6.10 Å². The van der Waals surface area contributed by atoms with Gasteiger partial charge in [-0.2, -0.15) is 0 Å². The van der Waals surface area contributed by atoms with Crippen molar-refractivity contribution in [1.29, 1.82) is 0 Å². The first-order valence-electron chi connectivity index (χ1n) is 8.06. The fourth-order valence-corrected chi connectivity index (χ4v) is 3.87. The van der Waals surface area contributed by atoms with Gasteiger partial charge < -0.3 is 10.1 Å². The first-order chi connectivity index (χ1) is 8.74. The lowest BCUT2D eigenvalue weighted by molar-refractivity contribution is -0.116. The number of rotatable bonds is 4. The van der Waals surface area contributed by atoms with Crippen molar-refractivity contribution in [2.24, 2.45) is 5.92 Å². The van der Waals surface area contributed by atoms with Crippen molar-refractivity contribution in [3.63, 3.8) is 0 Å². The van der Waals surface area contributed by atoms with Crippen molar-refractivity contribution in [3.8, 4) is 0 Å². The van der Waals surface area contributed by atoms with Crippen molar-refractivity contribution in [2.75, 3.05) is 13.6 Å². The van der Waals surface area contributed by atoms with E-state index >= 15 is 0 Å². The van der Waals surface area contributed by atoms with Crippen LogP contribution in [0.15, 0.2) is 0 Å². The molecular formula is C16H31NO. The molecule has 2 atom stereocenters. The molecule has 0 aromatic rings. The molecule has 0 aliphatic heterocycles. The van der Waals surface area contributed by atoms with Crippen LogP contribution >= 0.6 is 0 Å². The zero-order chi connectivity index (χ0) is 12.8. The van der Waals surface area contributed by atoms with E-state index in [9.17, 15) is 0 Å². The van der Waals surface area contributed by atoms with Crippen LogP contribution < -0.4 is 5.32 Å². The normalized spacial score (nSPS) is 33.0. The Morgan fingerprint density at radius 3 is 2.39 bits per heavy atom. The largest absolute Gasteiger partial charge is 0.370 e. The molecule has 2 saturated carbocycles. The first-order valence-corrected chi connectivity index (χ1v) is 8.06. The van der Waals surface area contributed by atoms with Crippen molar-refractivity contribution >= 4 is 0 Å². The topological polar surface area (TPSA) is 21.3 Å². The molecule has 2 aliphatic carbocycles. The highest BCUT2D eigenvalue weighted by Gasteiger charge is 2.35. The minimum atomic E-state index is 0.146. The Labute approximate surface area is 113 Å². The fraction of sp³-hybridized carbons (Fsp3) is 1.00. The van der Waals surface area contributed by atoms with Crippen LogP contribution in [0, 0.1) is 5.92 Å². The summed E-state index contributed by atoms with van der Waals surface area (Å²) in [6, 6.07) is 0. The van der Waals surface area contributed by atoms with Gasteiger partial charge in [-0.3, -0.25) is 0 Å². The second-order valence-electron chi connectivity index (χ2n) is 6.64. The van der Waals surface area contributed by atoms with E-state index in [-0.39, 0.29) is 5.60 Å². The Morgan fingerprint density at radius 2 is 1.78 bits per heavy atom. The zero-order valence-corrected chi connectivity index (χ0v) is 12.3. The standard InChI is InChI=1S/C16H31NO/c1-14-8-7-9-15(12-14)18-16(13-17-2)10-5-3-4-6-11-16/h14-15,17H,3-13H2,1-2H3. The van der Waals surface area contributed by atoms with Gasteiger partial charge in [0.05, 0.1) is 11.7 Å². The van der Waals surface area contributed by atoms with Crippen LogP contribution in [0.1, 0.15) is 71.1 Å². The van der Waals surface area contributed by atoms with Gasteiger partial charge in [-0.1, -0.05) is 45.4 Å². The molecule has 106 valence electrons. The predicted molar refractivity (Wildman–Crippen MR) is 76.9 cm³/mol. The lowest BCUT2D eigenvalue weighted by Crippen LogP contribution is -2.45. The summed E-state index contributed by atoms with van der Waals surface area (Å²) in [5.74, 6) is 0.862. The molecule has 18 heavy (non-hydrogen) atoms. The summed E-state index contributed by atoms with van der Waals surface area (Å²) in [5.41, 5.74) is 0.146. The molecule has 2 heteroatoms. The zero-order valence-electron chi connectivity index (χ0n) is 12.3. The minimum absolute atomic E-state index is 0.146. The van der Waals surface area contributed by atoms with Gasteiger partial charge in [0.25, 0.3) is 0 Å². The van der Waals surface area contributed by atoms with Crippen LogP contribution in [-0.2, 0) is 4.74 Å². The highest BCUT2D eigenvalue weighted by molar-refractivity contribution is 4.87. The highest BCUT2D eigenvalue weighted by atomic mass is 16.5. The lowest BCUT2D eigenvalue weighted by Gasteiger charge is -2.39. The fourth-order valence-electron chi connectivity index (χ4n) is 3.87. The van der Waals surface area contributed by atoms with Gasteiger partial charge in [0.1, 0.15) is 0 Å². The van der Waals surface area contributed by atoms with E-state index in [2.05, 4.69) is 19.3 Å². The third-order valence-corrected chi connectivity index (χ3v) is 4.82. The van der Waals surface area contributed by atoms with Gasteiger partial charge in [-0.25, -0.2) is 0 Å². The molecule has 1 N–H and O–H groups in total. The summed E-state index contributed by atoms with van der Waals surface area (Å²) < 4.78 is 6.65. The first kappa shape index (κ1) is 14.3. The maximum Gasteiger partial charge on any atom is 0.0809 e. The number of ether oxygens (including phenoxy) is 1. The van der Waals surface area contributed by atoms with Crippen molar-refractivity contribution in [1.82, 2.24) is 5.32 Å². The van der Waals surface area contributed by atoms with Crippen molar-refractivity contribution in [2.45, 2.75) is 82.8 Å². The monoisotopic (exact) mass is 253 g/mol. The van der Waals surface area contributed by atoms with E-state index in [4.69, 9.17) is 4.74 Å². The highest BCUT2D eigenvalue weighted by Crippen LogP contribution is 2.35. The molecule has 2 fully saturated rings. The summed E-state index contributed by atoms with van der Waals surface area (Å²) in [6.07, 6.45) is 13.9. The molecule has 0 spiro atoms. The molecule has 0 radical (unpaired) electrons. The molecule has 0 saturated heterocycles. The van der Waals surface area contributed by atoms with Crippen molar-refractivity contribution in [3.05, 3.63) is 0 Å². The summed E-state index contributed by atoms with van der Waals surface area (Å²) in [6.45, 7) is 3.42. The van der Waals surface area contributed by atoms with Gasteiger partial charge in [0, 0.05) is 6.54 Å². The molecule has 0 heterocycles. The molecular weight excluding hydrogens is 222 g/mol. The van der Waals surface area contributed by atoms with Crippen LogP contribution in [0.2, 0.25) is 0 Å². The molecule has 0 amide bonds. The van der Waals surface area contributed by atoms with Crippen LogP contribution in [0.4, 0.5) is 0 Å². The molecule has 2 aliphatic rings. The summed E-state index contributed by atoms with van der Waals surface area (Å²) in [5, 5.41) is 3.38.